The Balaban J connectivity index is 2.55. The number of hydrogen-bond donors (Lipinski definition) is 1. The first kappa shape index (κ1) is 9.26. The molecule has 2 rings (SSSR count). The summed E-state index contributed by atoms with van der Waals surface area (Å²) < 4.78 is -1.11. The van der Waals surface area contributed by atoms with Crippen molar-refractivity contribution in [3.8, 4) is 0 Å². The summed E-state index contributed by atoms with van der Waals surface area (Å²) in [5.41, 5.74) is 5.93. The number of benzene rings is 1. The highest BCUT2D eigenvalue weighted by molar-refractivity contribution is 6.24. The van der Waals surface area contributed by atoms with Crippen LogP contribution in [-0.4, -0.2) is 12.7 Å². The van der Waals surface area contributed by atoms with Gasteiger partial charge in [-0.1, -0.05) is 12.1 Å². The molecular weight excluding hydrogens is 206 g/mol. The lowest BCUT2D eigenvalue weighted by molar-refractivity contribution is 0.253. The topological polar surface area (TPSA) is 69.4 Å². The van der Waals surface area contributed by atoms with Crippen LogP contribution in [0.1, 0.15) is 0 Å². The summed E-state index contributed by atoms with van der Waals surface area (Å²) in [5.74, 6) is 0. The molecule has 0 radical (unpaired) electrons. The number of carbonyl (C=O) groups excluding carboxylic acids is 1. The van der Waals surface area contributed by atoms with Crippen LogP contribution < -0.4 is 14.8 Å². The van der Waals surface area contributed by atoms with Crippen LogP contribution >= 0.6 is 11.8 Å². The Bertz CT molecular complexity index is 394. The lowest BCUT2D eigenvalue weighted by Gasteiger charge is -2.26. The van der Waals surface area contributed by atoms with Crippen molar-refractivity contribution in [2.75, 3.05) is 11.6 Å². The number of quaternary nitrogens is 1. The van der Waals surface area contributed by atoms with Gasteiger partial charge in [0.1, 0.15) is 5.69 Å². The van der Waals surface area contributed by atoms with E-state index < -0.39 is 10.2 Å². The summed E-state index contributed by atoms with van der Waals surface area (Å²) in [6, 6.07) is 5.96. The average Bonchev–Trinajstić information content (AvgIpc) is 2.40. The minimum absolute atomic E-state index is 0.184. The Morgan fingerprint density at radius 1 is 1.57 bits per heavy atom. The molecule has 1 heterocycles. The van der Waals surface area contributed by atoms with E-state index in [0.717, 1.165) is 4.90 Å². The molecular formula is C8H8ClN3O2. The standard InChI is InChI=1S/C8H8ClN3O2/c9-12(14)5-11(8(10)13)6-3-1-2-4-7(6)12/h1-4H,5H2,(H2,10,13). The molecule has 2 amide bonds. The monoisotopic (exact) mass is 213 g/mol. The van der Waals surface area contributed by atoms with Crippen LogP contribution in [0.4, 0.5) is 16.2 Å². The van der Waals surface area contributed by atoms with E-state index in [9.17, 15) is 10.0 Å². The number of primary amides is 1. The number of halogens is 1. The van der Waals surface area contributed by atoms with Gasteiger partial charge >= 0.3 is 6.03 Å². The second-order valence-electron chi connectivity index (χ2n) is 3.05. The van der Waals surface area contributed by atoms with E-state index in [-0.39, 0.29) is 6.67 Å². The summed E-state index contributed by atoms with van der Waals surface area (Å²) in [4.78, 5) is 12.2. The Morgan fingerprint density at radius 3 is 2.86 bits per heavy atom. The Kier molecular flexibility index (Phi) is 1.88. The highest BCUT2D eigenvalue weighted by Crippen LogP contribution is 2.41. The first-order valence-corrected chi connectivity index (χ1v) is 4.31. The first-order chi connectivity index (χ1) is 6.52. The van der Waals surface area contributed by atoms with Crippen molar-refractivity contribution >= 4 is 29.2 Å². The largest absolute Gasteiger partial charge is 0.607 e. The van der Waals surface area contributed by atoms with Crippen LogP contribution in [-0.2, 0) is 0 Å². The summed E-state index contributed by atoms with van der Waals surface area (Å²) in [6.45, 7) is -0.184. The number of urea groups is 1. The SMILES string of the molecule is NC(=O)N1C[N+]([O-])(Cl)c2ccccc21. The third kappa shape index (κ3) is 1.22. The zero-order valence-corrected chi connectivity index (χ0v) is 7.94. The van der Waals surface area contributed by atoms with Crippen molar-refractivity contribution in [2.45, 2.75) is 0 Å². The van der Waals surface area contributed by atoms with Gasteiger partial charge in [0.05, 0.1) is 0 Å². The quantitative estimate of drug-likeness (QED) is 0.524. The molecule has 0 fully saturated rings. The van der Waals surface area contributed by atoms with Crippen molar-refractivity contribution < 1.29 is 4.79 Å². The molecule has 0 bridgehead atoms. The molecule has 0 aromatic heterocycles. The fourth-order valence-electron chi connectivity index (χ4n) is 1.50. The van der Waals surface area contributed by atoms with Crippen LogP contribution in [0.2, 0.25) is 0 Å². The van der Waals surface area contributed by atoms with Crippen LogP contribution in [0.25, 0.3) is 0 Å². The van der Waals surface area contributed by atoms with E-state index in [0.29, 0.717) is 11.4 Å². The summed E-state index contributed by atoms with van der Waals surface area (Å²) in [7, 11) is 0. The molecule has 1 aromatic rings. The number of anilines is 1. The van der Waals surface area contributed by atoms with Gasteiger partial charge in [-0.15, -0.1) is 0 Å². The molecule has 0 saturated heterocycles. The van der Waals surface area contributed by atoms with Crippen LogP contribution in [0.3, 0.4) is 0 Å². The summed E-state index contributed by atoms with van der Waals surface area (Å²) in [5, 5.41) is 11.7. The Labute approximate surface area is 85.5 Å². The second-order valence-corrected chi connectivity index (χ2v) is 3.59. The zero-order valence-electron chi connectivity index (χ0n) is 7.18. The van der Waals surface area contributed by atoms with Gasteiger partial charge in [-0.25, -0.2) is 13.9 Å². The van der Waals surface area contributed by atoms with Gasteiger partial charge in [0.15, 0.2) is 24.1 Å². The van der Waals surface area contributed by atoms with Gasteiger partial charge in [-0.3, -0.25) is 0 Å². The molecule has 5 nitrogen and oxygen atoms in total. The molecule has 0 saturated carbocycles. The maximum Gasteiger partial charge on any atom is 0.323 e. The molecule has 0 aliphatic carbocycles. The molecule has 0 spiro atoms. The van der Waals surface area contributed by atoms with E-state index in [1.165, 1.54) is 0 Å². The number of carbonyl (C=O) groups is 1. The fourth-order valence-corrected chi connectivity index (χ4v) is 1.75. The Hall–Kier alpha value is -1.30. The summed E-state index contributed by atoms with van der Waals surface area (Å²) >= 11 is 5.67. The first-order valence-electron chi connectivity index (χ1n) is 3.98. The number of hydroxylamine groups is 1. The third-order valence-electron chi connectivity index (χ3n) is 2.12. The van der Waals surface area contributed by atoms with Crippen molar-refractivity contribution in [3.05, 3.63) is 29.5 Å². The van der Waals surface area contributed by atoms with Crippen molar-refractivity contribution in [1.29, 1.82) is 0 Å². The maximum atomic E-state index is 11.7. The lowest BCUT2D eigenvalue weighted by atomic mass is 10.3. The average molecular weight is 214 g/mol. The number of nitrogens with two attached hydrogens (primary N) is 1. The van der Waals surface area contributed by atoms with Gasteiger partial charge in [-0.05, 0) is 6.07 Å². The van der Waals surface area contributed by atoms with Gasteiger partial charge in [0.2, 0.25) is 0 Å². The van der Waals surface area contributed by atoms with E-state index >= 15 is 0 Å². The smallest absolute Gasteiger partial charge is 0.323 e. The Morgan fingerprint density at radius 2 is 2.21 bits per heavy atom. The third-order valence-corrected chi connectivity index (χ3v) is 2.41. The van der Waals surface area contributed by atoms with Crippen molar-refractivity contribution in [2.24, 2.45) is 5.73 Å². The normalized spacial score (nSPS) is 24.9. The minimum atomic E-state index is -1.11. The predicted molar refractivity (Wildman–Crippen MR) is 54.4 cm³/mol. The molecule has 14 heavy (non-hydrogen) atoms. The zero-order chi connectivity index (χ0) is 10.3. The van der Waals surface area contributed by atoms with Gasteiger partial charge in [0.25, 0.3) is 0 Å². The number of rotatable bonds is 0. The summed E-state index contributed by atoms with van der Waals surface area (Å²) in [6.07, 6.45) is 0. The van der Waals surface area contributed by atoms with Gasteiger partial charge in [-0.2, -0.15) is 0 Å². The highest BCUT2D eigenvalue weighted by Gasteiger charge is 2.38. The van der Waals surface area contributed by atoms with Crippen molar-refractivity contribution in [3.63, 3.8) is 0 Å². The highest BCUT2D eigenvalue weighted by atomic mass is 35.5. The molecule has 1 unspecified atom stereocenters. The van der Waals surface area contributed by atoms with E-state index in [1.54, 1.807) is 24.3 Å². The molecule has 1 aliphatic heterocycles. The number of nitrogens with zero attached hydrogens (tertiary/aromatic N) is 2. The number of para-hydroxylation sites is 2. The molecule has 6 heteroatoms. The number of hydrogen-bond acceptors (Lipinski definition) is 2. The van der Waals surface area contributed by atoms with E-state index in [1.807, 2.05) is 0 Å². The second kappa shape index (κ2) is 2.84. The van der Waals surface area contributed by atoms with Crippen molar-refractivity contribution in [1.82, 2.24) is 4.17 Å². The van der Waals surface area contributed by atoms with E-state index in [4.69, 9.17) is 17.5 Å². The molecule has 74 valence electrons. The minimum Gasteiger partial charge on any atom is -0.607 e. The molecule has 1 aliphatic rings. The van der Waals surface area contributed by atoms with Crippen LogP contribution in [0.5, 0.6) is 0 Å². The van der Waals surface area contributed by atoms with Crippen LogP contribution in [0.15, 0.2) is 24.3 Å². The molecule has 1 atom stereocenters. The van der Waals surface area contributed by atoms with Gasteiger partial charge < -0.3 is 10.9 Å². The maximum absolute atomic E-state index is 11.7. The lowest BCUT2D eigenvalue weighted by Crippen LogP contribution is -2.42. The van der Waals surface area contributed by atoms with Crippen LogP contribution in [0, 0.1) is 5.21 Å². The molecule has 1 aromatic carbocycles. The number of fused-ring (bicyclic) bond motifs is 1. The molecule has 2 N–H and O–H groups in total. The predicted octanol–water partition coefficient (Wildman–Crippen LogP) is 1.50. The fraction of sp³-hybridized carbons (Fsp3) is 0.125. The number of amides is 2. The van der Waals surface area contributed by atoms with Gasteiger partial charge in [0, 0.05) is 6.07 Å². The van der Waals surface area contributed by atoms with E-state index in [2.05, 4.69) is 0 Å².